The molecule has 2 N–H and O–H groups in total. The summed E-state index contributed by atoms with van der Waals surface area (Å²) in [4.78, 5) is 22.6. The predicted octanol–water partition coefficient (Wildman–Crippen LogP) is 2.57. The lowest BCUT2D eigenvalue weighted by atomic mass is 10.1. The molecule has 2 aromatic rings. The second-order valence-corrected chi connectivity index (χ2v) is 4.86. The highest BCUT2D eigenvalue weighted by Gasteiger charge is 2.07. The van der Waals surface area contributed by atoms with Gasteiger partial charge in [0.05, 0.1) is 11.8 Å². The van der Waals surface area contributed by atoms with Gasteiger partial charge in [-0.2, -0.15) is 5.10 Å². The molecular weight excluding hydrogens is 320 g/mol. The van der Waals surface area contributed by atoms with Gasteiger partial charge in [-0.05, 0) is 30.3 Å². The Kier molecular flexibility index (Phi) is 5.71. The quantitative estimate of drug-likeness (QED) is 0.628. The number of rotatable bonds is 6. The fourth-order valence-electron chi connectivity index (χ4n) is 1.69. The van der Waals surface area contributed by atoms with Crippen LogP contribution in [0.1, 0.15) is 15.9 Å². The van der Waals surface area contributed by atoms with Crippen LogP contribution in [0.4, 0.5) is 0 Å². The first kappa shape index (κ1) is 16.5. The Morgan fingerprint density at radius 2 is 1.87 bits per heavy atom. The van der Waals surface area contributed by atoms with Crippen LogP contribution in [0, 0.1) is 0 Å². The predicted molar refractivity (Wildman–Crippen MR) is 86.1 cm³/mol. The Hall–Kier alpha value is -2.86. The molecule has 7 heteroatoms. The largest absolute Gasteiger partial charge is 0.484 e. The van der Waals surface area contributed by atoms with Crippen molar-refractivity contribution in [3.63, 3.8) is 0 Å². The van der Waals surface area contributed by atoms with Crippen LogP contribution in [0.2, 0.25) is 5.02 Å². The summed E-state index contributed by atoms with van der Waals surface area (Å²) in [5, 5.41) is 13.3. The third-order valence-corrected chi connectivity index (χ3v) is 3.02. The summed E-state index contributed by atoms with van der Waals surface area (Å²) in [6.45, 7) is -0.223. The van der Waals surface area contributed by atoms with Gasteiger partial charge in [0.25, 0.3) is 5.91 Å². The molecule has 0 fully saturated rings. The summed E-state index contributed by atoms with van der Waals surface area (Å²) in [6.07, 6.45) is 1.27. The van der Waals surface area contributed by atoms with Crippen molar-refractivity contribution in [3.05, 3.63) is 64.7 Å². The van der Waals surface area contributed by atoms with E-state index in [4.69, 9.17) is 21.4 Å². The van der Waals surface area contributed by atoms with Crippen molar-refractivity contribution >= 4 is 29.7 Å². The number of carbonyl (C=O) groups excluding carboxylic acids is 1. The molecule has 0 bridgehead atoms. The third-order valence-electron chi connectivity index (χ3n) is 2.77. The van der Waals surface area contributed by atoms with E-state index in [2.05, 4.69) is 10.5 Å². The third kappa shape index (κ3) is 5.12. The van der Waals surface area contributed by atoms with Crippen LogP contribution in [0.25, 0.3) is 0 Å². The van der Waals surface area contributed by atoms with Crippen LogP contribution in [0.3, 0.4) is 0 Å². The van der Waals surface area contributed by atoms with Gasteiger partial charge in [0, 0.05) is 10.6 Å². The molecule has 118 valence electrons. The van der Waals surface area contributed by atoms with Crippen LogP contribution in [0.15, 0.2) is 53.6 Å². The maximum atomic E-state index is 11.6. The minimum atomic E-state index is -1.07. The Morgan fingerprint density at radius 3 is 2.57 bits per heavy atom. The summed E-state index contributed by atoms with van der Waals surface area (Å²) in [6, 6.07) is 12.9. The summed E-state index contributed by atoms with van der Waals surface area (Å²) in [7, 11) is 0. The van der Waals surface area contributed by atoms with Crippen molar-refractivity contribution in [2.45, 2.75) is 0 Å². The van der Waals surface area contributed by atoms with Crippen LogP contribution >= 0.6 is 11.6 Å². The van der Waals surface area contributed by atoms with Crippen molar-refractivity contribution in [1.29, 1.82) is 0 Å². The Morgan fingerprint density at radius 1 is 1.17 bits per heavy atom. The highest BCUT2D eigenvalue weighted by Crippen LogP contribution is 2.15. The van der Waals surface area contributed by atoms with Crippen LogP contribution < -0.4 is 10.2 Å². The van der Waals surface area contributed by atoms with Gasteiger partial charge in [0.15, 0.2) is 6.61 Å². The lowest BCUT2D eigenvalue weighted by Crippen LogP contribution is -2.24. The standard InChI is InChI=1S/C16H13ClN2O4/c17-12-5-7-13(8-6-12)23-10-15(20)19-18-9-11-3-1-2-4-14(11)16(21)22/h1-9H,10H2,(H,19,20)(H,21,22)/b18-9-. The van der Waals surface area contributed by atoms with Gasteiger partial charge in [-0.1, -0.05) is 29.8 Å². The monoisotopic (exact) mass is 332 g/mol. The average Bonchev–Trinajstić information content (AvgIpc) is 2.54. The minimum Gasteiger partial charge on any atom is -0.484 e. The number of hydrazone groups is 1. The lowest BCUT2D eigenvalue weighted by molar-refractivity contribution is -0.123. The highest BCUT2D eigenvalue weighted by atomic mass is 35.5. The summed E-state index contributed by atoms with van der Waals surface area (Å²) in [5.41, 5.74) is 2.75. The van der Waals surface area contributed by atoms with Crippen LogP contribution in [-0.2, 0) is 4.79 Å². The maximum absolute atomic E-state index is 11.6. The zero-order valence-electron chi connectivity index (χ0n) is 11.9. The minimum absolute atomic E-state index is 0.0999. The molecule has 0 radical (unpaired) electrons. The van der Waals surface area contributed by atoms with E-state index in [0.29, 0.717) is 16.3 Å². The number of benzene rings is 2. The fraction of sp³-hybridized carbons (Fsp3) is 0.0625. The summed E-state index contributed by atoms with van der Waals surface area (Å²) < 4.78 is 5.25. The van der Waals surface area contributed by atoms with Gasteiger partial charge in [-0.3, -0.25) is 4.79 Å². The van der Waals surface area contributed by atoms with E-state index in [1.54, 1.807) is 42.5 Å². The molecule has 0 aliphatic carbocycles. The second-order valence-electron chi connectivity index (χ2n) is 4.43. The number of ether oxygens (including phenoxy) is 1. The number of carboxylic acids is 1. The molecule has 0 spiro atoms. The van der Waals surface area contributed by atoms with Gasteiger partial charge in [-0.25, -0.2) is 10.2 Å². The van der Waals surface area contributed by atoms with E-state index in [-0.39, 0.29) is 12.2 Å². The first-order chi connectivity index (χ1) is 11.1. The zero-order chi connectivity index (χ0) is 16.7. The van der Waals surface area contributed by atoms with Crippen molar-refractivity contribution in [1.82, 2.24) is 5.43 Å². The highest BCUT2D eigenvalue weighted by molar-refractivity contribution is 6.30. The Balaban J connectivity index is 1.87. The topological polar surface area (TPSA) is 88.0 Å². The van der Waals surface area contributed by atoms with Gasteiger partial charge in [-0.15, -0.1) is 0 Å². The van der Waals surface area contributed by atoms with Crippen molar-refractivity contribution < 1.29 is 19.4 Å². The number of carbonyl (C=O) groups is 2. The van der Waals surface area contributed by atoms with E-state index in [0.717, 1.165) is 0 Å². The number of aromatic carboxylic acids is 1. The molecule has 0 aliphatic heterocycles. The van der Waals surface area contributed by atoms with Crippen LogP contribution in [-0.4, -0.2) is 29.8 Å². The molecule has 0 saturated carbocycles. The maximum Gasteiger partial charge on any atom is 0.336 e. The molecule has 0 unspecified atom stereocenters. The fourth-order valence-corrected chi connectivity index (χ4v) is 1.82. The number of hydrogen-bond acceptors (Lipinski definition) is 4. The number of carboxylic acid groups (broad SMARTS) is 1. The van der Waals surface area contributed by atoms with E-state index >= 15 is 0 Å². The second kappa shape index (κ2) is 7.95. The lowest BCUT2D eigenvalue weighted by Gasteiger charge is -2.05. The van der Waals surface area contributed by atoms with Crippen LogP contribution in [0.5, 0.6) is 5.75 Å². The van der Waals surface area contributed by atoms with E-state index < -0.39 is 11.9 Å². The normalized spacial score (nSPS) is 10.5. The van der Waals surface area contributed by atoms with E-state index in [1.165, 1.54) is 12.3 Å². The van der Waals surface area contributed by atoms with Crippen molar-refractivity contribution in [3.8, 4) is 5.75 Å². The molecule has 6 nitrogen and oxygen atoms in total. The Bertz CT molecular complexity index is 729. The number of amides is 1. The molecule has 0 saturated heterocycles. The van der Waals surface area contributed by atoms with E-state index in [9.17, 15) is 9.59 Å². The average molecular weight is 333 g/mol. The summed E-state index contributed by atoms with van der Waals surface area (Å²) >= 11 is 5.74. The number of nitrogens with one attached hydrogen (secondary N) is 1. The van der Waals surface area contributed by atoms with Gasteiger partial charge in [0.2, 0.25) is 0 Å². The molecule has 0 atom stereocenters. The van der Waals surface area contributed by atoms with Gasteiger partial charge < -0.3 is 9.84 Å². The molecular formula is C16H13ClN2O4. The number of nitrogens with zero attached hydrogens (tertiary/aromatic N) is 1. The molecule has 1 amide bonds. The number of halogens is 1. The van der Waals surface area contributed by atoms with Crippen molar-refractivity contribution in [2.75, 3.05) is 6.61 Å². The molecule has 0 heterocycles. The van der Waals surface area contributed by atoms with Gasteiger partial charge >= 0.3 is 5.97 Å². The zero-order valence-corrected chi connectivity index (χ0v) is 12.7. The first-order valence-electron chi connectivity index (χ1n) is 6.59. The van der Waals surface area contributed by atoms with E-state index in [1.807, 2.05) is 0 Å². The molecule has 2 rings (SSSR count). The first-order valence-corrected chi connectivity index (χ1v) is 6.96. The molecule has 2 aromatic carbocycles. The smallest absolute Gasteiger partial charge is 0.336 e. The number of hydrogen-bond donors (Lipinski definition) is 2. The molecule has 23 heavy (non-hydrogen) atoms. The SMILES string of the molecule is O=C(COc1ccc(Cl)cc1)N/N=C\c1ccccc1C(=O)O. The molecule has 0 aliphatic rings. The van der Waals surface area contributed by atoms with Gasteiger partial charge in [0.1, 0.15) is 5.75 Å². The van der Waals surface area contributed by atoms with Crippen molar-refractivity contribution in [2.24, 2.45) is 5.10 Å². The Labute approximate surface area is 137 Å². The molecule has 0 aromatic heterocycles. The summed E-state index contributed by atoms with van der Waals surface area (Å²) in [5.74, 6) is -1.03.